The van der Waals surface area contributed by atoms with E-state index in [1.807, 2.05) is 31.2 Å². The summed E-state index contributed by atoms with van der Waals surface area (Å²) in [4.78, 5) is 12.3. The summed E-state index contributed by atoms with van der Waals surface area (Å²) in [5.41, 5.74) is 0.689. The molecule has 0 aliphatic heterocycles. The standard InChI is InChI=1S/C14H15N5O2/c1-2-5-10(13-16-18-19-17-13)15-14(20)12-8-9-6-3-4-7-11(9)21-12/h3-4,6-8,10H,2,5H2,1H3,(H,15,20)(H,16,17,18,19)/t10-/m1/s1. The van der Waals surface area contributed by atoms with Crippen LogP contribution in [0.5, 0.6) is 0 Å². The zero-order valence-corrected chi connectivity index (χ0v) is 11.5. The molecule has 7 heteroatoms. The van der Waals surface area contributed by atoms with Crippen molar-refractivity contribution in [3.8, 4) is 0 Å². The van der Waals surface area contributed by atoms with Crippen LogP contribution in [0.25, 0.3) is 11.0 Å². The Morgan fingerprint density at radius 3 is 3.00 bits per heavy atom. The maximum atomic E-state index is 12.3. The van der Waals surface area contributed by atoms with Crippen molar-refractivity contribution < 1.29 is 9.21 Å². The fraction of sp³-hybridized carbons (Fsp3) is 0.286. The van der Waals surface area contributed by atoms with E-state index in [2.05, 4.69) is 25.9 Å². The monoisotopic (exact) mass is 285 g/mol. The van der Waals surface area contributed by atoms with Crippen molar-refractivity contribution in [3.05, 3.63) is 41.9 Å². The van der Waals surface area contributed by atoms with Gasteiger partial charge in [-0.1, -0.05) is 36.8 Å². The lowest BCUT2D eigenvalue weighted by atomic mass is 10.1. The summed E-state index contributed by atoms with van der Waals surface area (Å²) >= 11 is 0. The van der Waals surface area contributed by atoms with Crippen LogP contribution in [0.1, 0.15) is 42.2 Å². The van der Waals surface area contributed by atoms with Crippen molar-refractivity contribution in [1.29, 1.82) is 0 Å². The van der Waals surface area contributed by atoms with Crippen molar-refractivity contribution in [2.24, 2.45) is 0 Å². The molecule has 0 aliphatic rings. The maximum absolute atomic E-state index is 12.3. The molecule has 7 nitrogen and oxygen atoms in total. The number of aromatic nitrogens is 4. The minimum Gasteiger partial charge on any atom is -0.451 e. The Balaban J connectivity index is 1.80. The maximum Gasteiger partial charge on any atom is 0.287 e. The third-order valence-corrected chi connectivity index (χ3v) is 3.21. The highest BCUT2D eigenvalue weighted by Crippen LogP contribution is 2.20. The van der Waals surface area contributed by atoms with Gasteiger partial charge in [-0.3, -0.25) is 4.79 Å². The molecule has 2 N–H and O–H groups in total. The van der Waals surface area contributed by atoms with E-state index in [9.17, 15) is 4.79 Å². The first-order valence-electron chi connectivity index (χ1n) is 6.80. The summed E-state index contributed by atoms with van der Waals surface area (Å²) < 4.78 is 5.55. The number of carbonyl (C=O) groups is 1. The molecule has 0 spiro atoms. The van der Waals surface area contributed by atoms with Crippen LogP contribution in [0.3, 0.4) is 0 Å². The minimum absolute atomic E-state index is 0.279. The predicted octanol–water partition coefficient (Wildman–Crippen LogP) is 2.22. The number of carbonyl (C=O) groups excluding carboxylic acids is 1. The molecule has 0 fully saturated rings. The van der Waals surface area contributed by atoms with Crippen LogP contribution in [0.15, 0.2) is 34.7 Å². The predicted molar refractivity (Wildman–Crippen MR) is 75.5 cm³/mol. The van der Waals surface area contributed by atoms with Crippen molar-refractivity contribution in [2.75, 3.05) is 0 Å². The average Bonchev–Trinajstić information content (AvgIpc) is 3.16. The van der Waals surface area contributed by atoms with Gasteiger partial charge in [-0.2, -0.15) is 5.21 Å². The number of benzene rings is 1. The number of tetrazole rings is 1. The van der Waals surface area contributed by atoms with Gasteiger partial charge in [0.25, 0.3) is 5.91 Å². The molecule has 0 saturated carbocycles. The van der Waals surface area contributed by atoms with Crippen molar-refractivity contribution in [3.63, 3.8) is 0 Å². The molecule has 21 heavy (non-hydrogen) atoms. The van der Waals surface area contributed by atoms with Gasteiger partial charge in [-0.15, -0.1) is 10.2 Å². The first-order valence-corrected chi connectivity index (χ1v) is 6.80. The number of amides is 1. The zero-order valence-electron chi connectivity index (χ0n) is 11.5. The van der Waals surface area contributed by atoms with Crippen LogP contribution in [0.2, 0.25) is 0 Å². The molecular formula is C14H15N5O2. The lowest BCUT2D eigenvalue weighted by Crippen LogP contribution is -2.29. The SMILES string of the molecule is CCC[C@@H](NC(=O)c1cc2ccccc2o1)c1nn[nH]n1. The van der Waals surface area contributed by atoms with E-state index in [4.69, 9.17) is 4.42 Å². The first-order chi connectivity index (χ1) is 10.3. The van der Waals surface area contributed by atoms with E-state index in [1.165, 1.54) is 0 Å². The van der Waals surface area contributed by atoms with Gasteiger partial charge in [0.15, 0.2) is 11.6 Å². The van der Waals surface area contributed by atoms with Crippen LogP contribution in [-0.2, 0) is 0 Å². The van der Waals surface area contributed by atoms with Crippen LogP contribution in [-0.4, -0.2) is 26.5 Å². The fourth-order valence-corrected chi connectivity index (χ4v) is 2.19. The third-order valence-electron chi connectivity index (χ3n) is 3.21. The molecule has 3 aromatic rings. The Morgan fingerprint density at radius 1 is 1.43 bits per heavy atom. The molecule has 1 aromatic carbocycles. The molecule has 2 heterocycles. The molecule has 0 bridgehead atoms. The van der Waals surface area contributed by atoms with Crippen LogP contribution in [0.4, 0.5) is 0 Å². The summed E-state index contributed by atoms with van der Waals surface area (Å²) in [6.07, 6.45) is 1.62. The van der Waals surface area contributed by atoms with E-state index < -0.39 is 0 Å². The van der Waals surface area contributed by atoms with Crippen molar-refractivity contribution in [2.45, 2.75) is 25.8 Å². The first kappa shape index (κ1) is 13.3. The van der Waals surface area contributed by atoms with Gasteiger partial charge in [0.2, 0.25) is 0 Å². The van der Waals surface area contributed by atoms with Gasteiger partial charge in [0.1, 0.15) is 5.58 Å². The molecule has 1 amide bonds. The van der Waals surface area contributed by atoms with Gasteiger partial charge >= 0.3 is 0 Å². The second-order valence-electron chi connectivity index (χ2n) is 4.73. The molecule has 2 aromatic heterocycles. The van der Waals surface area contributed by atoms with Crippen LogP contribution < -0.4 is 5.32 Å². The lowest BCUT2D eigenvalue weighted by Gasteiger charge is -2.13. The number of H-pyrrole nitrogens is 1. The molecule has 108 valence electrons. The molecule has 0 saturated heterocycles. The highest BCUT2D eigenvalue weighted by molar-refractivity contribution is 5.96. The number of furan rings is 1. The quantitative estimate of drug-likeness (QED) is 0.749. The number of rotatable bonds is 5. The van der Waals surface area contributed by atoms with Crippen molar-refractivity contribution in [1.82, 2.24) is 25.9 Å². The van der Waals surface area contributed by atoms with E-state index in [-0.39, 0.29) is 17.7 Å². The molecule has 3 rings (SSSR count). The normalized spacial score (nSPS) is 12.4. The van der Waals surface area contributed by atoms with E-state index in [0.717, 1.165) is 18.2 Å². The lowest BCUT2D eigenvalue weighted by molar-refractivity contribution is 0.0906. The Bertz CT molecular complexity index is 702. The second kappa shape index (κ2) is 5.74. The molecular weight excluding hydrogens is 270 g/mol. The Morgan fingerprint density at radius 2 is 2.29 bits per heavy atom. The smallest absolute Gasteiger partial charge is 0.287 e. The number of nitrogens with one attached hydrogen (secondary N) is 2. The van der Waals surface area contributed by atoms with Gasteiger partial charge in [-0.25, -0.2) is 0 Å². The number of para-hydroxylation sites is 1. The third kappa shape index (κ3) is 2.76. The van der Waals surface area contributed by atoms with Gasteiger partial charge in [-0.05, 0) is 18.6 Å². The number of nitrogens with zero attached hydrogens (tertiary/aromatic N) is 3. The summed E-state index contributed by atoms with van der Waals surface area (Å²) in [6, 6.07) is 8.94. The summed E-state index contributed by atoms with van der Waals surface area (Å²) in [5.74, 6) is 0.469. The van der Waals surface area contributed by atoms with E-state index in [1.54, 1.807) is 6.07 Å². The Kier molecular flexibility index (Phi) is 3.63. The van der Waals surface area contributed by atoms with Crippen LogP contribution in [0, 0.1) is 0 Å². The second-order valence-corrected chi connectivity index (χ2v) is 4.73. The highest BCUT2D eigenvalue weighted by atomic mass is 16.3. The van der Waals surface area contributed by atoms with E-state index >= 15 is 0 Å². The fourth-order valence-electron chi connectivity index (χ4n) is 2.19. The number of hydrogen-bond acceptors (Lipinski definition) is 5. The molecule has 0 radical (unpaired) electrons. The largest absolute Gasteiger partial charge is 0.451 e. The van der Waals surface area contributed by atoms with Crippen LogP contribution >= 0.6 is 0 Å². The van der Waals surface area contributed by atoms with E-state index in [0.29, 0.717) is 11.4 Å². The highest BCUT2D eigenvalue weighted by Gasteiger charge is 2.20. The van der Waals surface area contributed by atoms with Gasteiger partial charge in [0.05, 0.1) is 6.04 Å². The topological polar surface area (TPSA) is 96.7 Å². The summed E-state index contributed by atoms with van der Waals surface area (Å²) in [7, 11) is 0. The summed E-state index contributed by atoms with van der Waals surface area (Å²) in [5, 5.41) is 17.6. The van der Waals surface area contributed by atoms with Gasteiger partial charge < -0.3 is 9.73 Å². The number of hydrogen-bond donors (Lipinski definition) is 2. The molecule has 0 unspecified atom stereocenters. The summed E-state index contributed by atoms with van der Waals surface area (Å²) in [6.45, 7) is 2.03. The van der Waals surface area contributed by atoms with Gasteiger partial charge in [0, 0.05) is 5.39 Å². The molecule has 0 aliphatic carbocycles. The van der Waals surface area contributed by atoms with Crippen molar-refractivity contribution >= 4 is 16.9 Å². The average molecular weight is 285 g/mol. The molecule has 1 atom stereocenters. The Labute approximate surface area is 120 Å². The number of aromatic amines is 1. The zero-order chi connectivity index (χ0) is 14.7. The number of fused-ring (bicyclic) bond motifs is 1. The Hall–Kier alpha value is -2.70. The minimum atomic E-state index is -0.283.